The molecule has 2 unspecified atom stereocenters. The van der Waals surface area contributed by atoms with Crippen LogP contribution < -0.4 is 22.9 Å². The highest BCUT2D eigenvalue weighted by molar-refractivity contribution is 4.73. The van der Waals surface area contributed by atoms with Crippen LogP contribution >= 0.6 is 0 Å². The van der Waals surface area contributed by atoms with Crippen molar-refractivity contribution in [1.82, 2.24) is 0 Å². The molecule has 2 atom stereocenters. The first-order valence-corrected chi connectivity index (χ1v) is 8.83. The molecule has 0 aromatic heterocycles. The summed E-state index contributed by atoms with van der Waals surface area (Å²) in [4.78, 5) is 0. The molecule has 0 amide bonds. The first-order chi connectivity index (χ1) is 10.0. The minimum absolute atomic E-state index is 0.369. The summed E-state index contributed by atoms with van der Waals surface area (Å²) in [5, 5.41) is 0. The fraction of sp³-hybridized carbons (Fsp3) is 1.00. The lowest BCUT2D eigenvalue weighted by Crippen LogP contribution is -2.23. The fourth-order valence-corrected chi connectivity index (χ4v) is 3.04. The Balaban J connectivity index is 0. The van der Waals surface area contributed by atoms with Gasteiger partial charge in [-0.05, 0) is 74.5 Å². The van der Waals surface area contributed by atoms with Crippen LogP contribution in [-0.2, 0) is 0 Å². The average Bonchev–Trinajstić information content (AvgIpc) is 2.37. The van der Waals surface area contributed by atoms with Crippen LogP contribution in [0.3, 0.4) is 0 Å². The smallest absolute Gasteiger partial charge is 0.00513 e. The second-order valence-electron chi connectivity index (χ2n) is 8.50. The zero-order valence-electron chi connectivity index (χ0n) is 16.1. The maximum Gasteiger partial charge on any atom is -0.00513 e. The normalized spacial score (nSPS) is 15.0. The monoisotopic (exact) mass is 316 g/mol. The second-order valence-corrected chi connectivity index (χ2v) is 8.50. The lowest BCUT2D eigenvalue weighted by atomic mass is 9.81. The molecule has 0 spiro atoms. The van der Waals surface area contributed by atoms with Crippen LogP contribution in [0.5, 0.6) is 0 Å². The summed E-state index contributed by atoms with van der Waals surface area (Å²) in [6.07, 6.45) is 4.55. The van der Waals surface area contributed by atoms with E-state index in [-0.39, 0.29) is 0 Å². The summed E-state index contributed by atoms with van der Waals surface area (Å²) >= 11 is 0. The van der Waals surface area contributed by atoms with Crippen LogP contribution in [0.4, 0.5) is 0 Å². The third-order valence-electron chi connectivity index (χ3n) is 4.25. The zero-order valence-corrected chi connectivity index (χ0v) is 16.1. The molecule has 0 saturated carbocycles. The van der Waals surface area contributed by atoms with E-state index >= 15 is 0 Å². The van der Waals surface area contributed by atoms with E-state index in [2.05, 4.69) is 41.5 Å². The topological polar surface area (TPSA) is 104 Å². The third-order valence-corrected chi connectivity index (χ3v) is 4.25. The van der Waals surface area contributed by atoms with Crippen LogP contribution in [-0.4, -0.2) is 26.2 Å². The molecule has 0 heterocycles. The maximum atomic E-state index is 5.54. The highest BCUT2D eigenvalue weighted by atomic mass is 14.6. The molecule has 0 aliphatic carbocycles. The average molecular weight is 317 g/mol. The second kappa shape index (κ2) is 12.3. The Morgan fingerprint density at radius 1 is 0.636 bits per heavy atom. The largest absolute Gasteiger partial charge is 0.330 e. The molecule has 0 bridgehead atoms. The van der Waals surface area contributed by atoms with Crippen LogP contribution in [0.1, 0.15) is 67.2 Å². The quantitative estimate of drug-likeness (QED) is 0.497. The molecule has 136 valence electrons. The van der Waals surface area contributed by atoms with E-state index in [4.69, 9.17) is 22.9 Å². The lowest BCUT2D eigenvalue weighted by molar-refractivity contribution is 0.263. The van der Waals surface area contributed by atoms with Crippen molar-refractivity contribution >= 4 is 0 Å². The van der Waals surface area contributed by atoms with Crippen LogP contribution in [0.25, 0.3) is 0 Å². The van der Waals surface area contributed by atoms with E-state index in [9.17, 15) is 0 Å². The van der Waals surface area contributed by atoms with Crippen molar-refractivity contribution in [1.29, 1.82) is 0 Å². The summed E-state index contributed by atoms with van der Waals surface area (Å²) < 4.78 is 0. The Morgan fingerprint density at radius 3 is 1.09 bits per heavy atom. The molecule has 0 saturated heterocycles. The first-order valence-electron chi connectivity index (χ1n) is 8.83. The molecule has 8 N–H and O–H groups in total. The molecule has 0 aliphatic rings. The Hall–Kier alpha value is -0.160. The summed E-state index contributed by atoms with van der Waals surface area (Å²) in [7, 11) is 0. The molecule has 0 aliphatic heterocycles. The fourth-order valence-electron chi connectivity index (χ4n) is 3.04. The minimum atomic E-state index is 0.369. The van der Waals surface area contributed by atoms with Gasteiger partial charge in [0.15, 0.2) is 0 Å². The van der Waals surface area contributed by atoms with Crippen LogP contribution in [0, 0.1) is 22.7 Å². The highest BCUT2D eigenvalue weighted by Crippen LogP contribution is 2.28. The van der Waals surface area contributed by atoms with E-state index in [0.717, 1.165) is 39.0 Å². The van der Waals surface area contributed by atoms with Crippen molar-refractivity contribution in [3.8, 4) is 0 Å². The predicted molar refractivity (Wildman–Crippen MR) is 101 cm³/mol. The van der Waals surface area contributed by atoms with Crippen molar-refractivity contribution in [3.63, 3.8) is 0 Å². The summed E-state index contributed by atoms with van der Waals surface area (Å²) in [5.41, 5.74) is 22.8. The maximum absolute atomic E-state index is 5.54. The van der Waals surface area contributed by atoms with Crippen molar-refractivity contribution in [2.24, 2.45) is 45.6 Å². The minimum Gasteiger partial charge on any atom is -0.330 e. The van der Waals surface area contributed by atoms with Crippen molar-refractivity contribution in [2.75, 3.05) is 26.2 Å². The number of hydrogen-bond acceptors (Lipinski definition) is 4. The van der Waals surface area contributed by atoms with Gasteiger partial charge in [0.1, 0.15) is 0 Å². The molecule has 0 radical (unpaired) electrons. The van der Waals surface area contributed by atoms with E-state index in [1.165, 1.54) is 12.8 Å². The summed E-state index contributed by atoms with van der Waals surface area (Å²) in [6.45, 7) is 16.5. The van der Waals surface area contributed by atoms with Crippen LogP contribution in [0.2, 0.25) is 0 Å². The molecular weight excluding hydrogens is 272 g/mol. The van der Waals surface area contributed by atoms with Gasteiger partial charge in [-0.1, -0.05) is 41.5 Å². The lowest BCUT2D eigenvalue weighted by Gasteiger charge is -2.26. The molecule has 0 aromatic rings. The molecule has 4 nitrogen and oxygen atoms in total. The van der Waals surface area contributed by atoms with Gasteiger partial charge < -0.3 is 22.9 Å². The molecule has 0 fully saturated rings. The molecular formula is C18H44N4. The molecule has 0 aromatic carbocycles. The van der Waals surface area contributed by atoms with Gasteiger partial charge in [0.2, 0.25) is 0 Å². The number of rotatable bonds is 10. The predicted octanol–water partition coefficient (Wildman–Crippen LogP) is 2.69. The van der Waals surface area contributed by atoms with Gasteiger partial charge >= 0.3 is 0 Å². The summed E-state index contributed by atoms with van der Waals surface area (Å²) in [5.74, 6) is 1.24. The molecule has 0 rings (SSSR count). The van der Waals surface area contributed by atoms with E-state index in [1.807, 2.05) is 0 Å². The highest BCUT2D eigenvalue weighted by Gasteiger charge is 2.19. The number of hydrogen-bond donors (Lipinski definition) is 4. The van der Waals surface area contributed by atoms with Crippen molar-refractivity contribution in [2.45, 2.75) is 67.2 Å². The van der Waals surface area contributed by atoms with E-state index in [1.54, 1.807) is 0 Å². The SMILES string of the molecule is CC(CN)CC(C)(C)CCN.CC(CN)CC(C)(C)CCN. The van der Waals surface area contributed by atoms with Gasteiger partial charge in [0, 0.05) is 0 Å². The molecule has 22 heavy (non-hydrogen) atoms. The van der Waals surface area contributed by atoms with Gasteiger partial charge in [0.05, 0.1) is 0 Å². The van der Waals surface area contributed by atoms with Crippen molar-refractivity contribution < 1.29 is 0 Å². The Bertz CT molecular complexity index is 225. The molecule has 4 heteroatoms. The Labute approximate surface area is 139 Å². The van der Waals surface area contributed by atoms with Gasteiger partial charge in [-0.3, -0.25) is 0 Å². The third kappa shape index (κ3) is 14.8. The zero-order chi connectivity index (χ0) is 17.8. The summed E-state index contributed by atoms with van der Waals surface area (Å²) in [6, 6.07) is 0. The Kier molecular flexibility index (Phi) is 13.5. The van der Waals surface area contributed by atoms with Crippen molar-refractivity contribution in [3.05, 3.63) is 0 Å². The number of nitrogens with two attached hydrogens (primary N) is 4. The Morgan fingerprint density at radius 2 is 0.909 bits per heavy atom. The van der Waals surface area contributed by atoms with Gasteiger partial charge in [-0.2, -0.15) is 0 Å². The van der Waals surface area contributed by atoms with Gasteiger partial charge in [-0.25, -0.2) is 0 Å². The standard InChI is InChI=1S/2C9H22N2/c2*1-8(7-11)6-9(2,3)4-5-10/h2*8H,4-7,10-11H2,1-3H3. The van der Waals surface area contributed by atoms with Gasteiger partial charge in [-0.15, -0.1) is 0 Å². The first kappa shape index (κ1) is 24.1. The van der Waals surface area contributed by atoms with E-state index < -0.39 is 0 Å². The van der Waals surface area contributed by atoms with Crippen LogP contribution in [0.15, 0.2) is 0 Å². The van der Waals surface area contributed by atoms with E-state index in [0.29, 0.717) is 22.7 Å². The van der Waals surface area contributed by atoms with Gasteiger partial charge in [0.25, 0.3) is 0 Å².